The molecule has 0 unspecified atom stereocenters. The monoisotopic (exact) mass is 441 g/mol. The van der Waals surface area contributed by atoms with Gasteiger partial charge in [0.25, 0.3) is 5.91 Å². The van der Waals surface area contributed by atoms with Crippen LogP contribution in [0.1, 0.15) is 10.4 Å². The number of aromatic nitrogens is 2. The number of hydrogen-bond donors (Lipinski definition) is 1. The molecule has 0 aliphatic rings. The maximum absolute atomic E-state index is 13.2. The Morgan fingerprint density at radius 2 is 1.58 bits per heavy atom. The summed E-state index contributed by atoms with van der Waals surface area (Å²) < 4.78 is 0. The highest BCUT2D eigenvalue weighted by molar-refractivity contribution is 7.14. The molecular weight excluding hydrogens is 426 g/mol. The molecule has 3 aromatic carbocycles. The summed E-state index contributed by atoms with van der Waals surface area (Å²) in [6.45, 7) is 0. The third-order valence-electron chi connectivity index (χ3n) is 4.90. The van der Waals surface area contributed by atoms with Crippen molar-refractivity contribution in [3.63, 3.8) is 0 Å². The van der Waals surface area contributed by atoms with Crippen molar-refractivity contribution in [3.8, 4) is 22.5 Å². The summed E-state index contributed by atoms with van der Waals surface area (Å²) in [6.07, 6.45) is 0. The van der Waals surface area contributed by atoms with Gasteiger partial charge >= 0.3 is 0 Å². The molecule has 1 N–H and O–H groups in total. The van der Waals surface area contributed by atoms with Gasteiger partial charge in [-0.15, -0.1) is 11.3 Å². The minimum absolute atomic E-state index is 0.235. The Hall–Kier alpha value is -3.54. The predicted molar refractivity (Wildman–Crippen MR) is 128 cm³/mol. The van der Waals surface area contributed by atoms with E-state index >= 15 is 0 Å². The number of nitrogens with one attached hydrogen (secondary N) is 1. The molecule has 0 saturated heterocycles. The van der Waals surface area contributed by atoms with Gasteiger partial charge in [0.1, 0.15) is 0 Å². The van der Waals surface area contributed by atoms with Gasteiger partial charge in [-0.3, -0.25) is 10.1 Å². The van der Waals surface area contributed by atoms with Crippen molar-refractivity contribution in [2.24, 2.45) is 0 Å². The zero-order chi connectivity index (χ0) is 21.2. The lowest BCUT2D eigenvalue weighted by molar-refractivity contribution is 0.102. The summed E-state index contributed by atoms with van der Waals surface area (Å²) in [5.74, 6) is -0.235. The predicted octanol–water partition coefficient (Wildman–Crippen LogP) is 6.93. The van der Waals surface area contributed by atoms with Crippen molar-refractivity contribution in [2.45, 2.75) is 0 Å². The van der Waals surface area contributed by atoms with Crippen LogP contribution < -0.4 is 5.32 Å². The molecule has 5 aromatic rings. The van der Waals surface area contributed by atoms with Crippen molar-refractivity contribution < 1.29 is 4.79 Å². The molecule has 6 heteroatoms. The normalized spacial score (nSPS) is 10.9. The largest absolute Gasteiger partial charge is 0.298 e. The van der Waals surface area contributed by atoms with Gasteiger partial charge in [0.05, 0.1) is 22.5 Å². The number of carbonyl (C=O) groups excluding carboxylic acids is 1. The maximum atomic E-state index is 13.2. The fourth-order valence-corrected chi connectivity index (χ4v) is 4.35. The number of benzene rings is 3. The Morgan fingerprint density at radius 3 is 2.42 bits per heavy atom. The summed E-state index contributed by atoms with van der Waals surface area (Å²) in [6, 6.07) is 26.7. The highest BCUT2D eigenvalue weighted by Crippen LogP contribution is 2.31. The average Bonchev–Trinajstić information content (AvgIpc) is 3.27. The summed E-state index contributed by atoms with van der Waals surface area (Å²) in [5.41, 5.74) is 4.53. The average molecular weight is 442 g/mol. The van der Waals surface area contributed by atoms with Crippen LogP contribution in [-0.4, -0.2) is 15.9 Å². The Bertz CT molecular complexity index is 1400. The van der Waals surface area contributed by atoms with Gasteiger partial charge in [0.15, 0.2) is 5.13 Å². The van der Waals surface area contributed by atoms with E-state index in [-0.39, 0.29) is 5.91 Å². The first-order valence-electron chi connectivity index (χ1n) is 9.66. The van der Waals surface area contributed by atoms with Crippen molar-refractivity contribution in [1.82, 2.24) is 9.97 Å². The molecule has 0 radical (unpaired) electrons. The maximum Gasteiger partial charge on any atom is 0.258 e. The van der Waals surface area contributed by atoms with Crippen molar-refractivity contribution in [1.29, 1.82) is 0 Å². The number of carbonyl (C=O) groups is 1. The van der Waals surface area contributed by atoms with E-state index in [9.17, 15) is 4.79 Å². The number of nitrogens with zero attached hydrogens (tertiary/aromatic N) is 2. The molecule has 4 nitrogen and oxygen atoms in total. The molecule has 0 atom stereocenters. The van der Waals surface area contributed by atoms with E-state index in [0.29, 0.717) is 21.4 Å². The van der Waals surface area contributed by atoms with Crippen LogP contribution >= 0.6 is 22.9 Å². The molecule has 2 heterocycles. The van der Waals surface area contributed by atoms with Gasteiger partial charge < -0.3 is 0 Å². The fourth-order valence-electron chi connectivity index (χ4n) is 3.41. The molecule has 150 valence electrons. The summed E-state index contributed by atoms with van der Waals surface area (Å²) >= 11 is 7.78. The van der Waals surface area contributed by atoms with Crippen LogP contribution in [0.15, 0.2) is 90.3 Å². The summed E-state index contributed by atoms with van der Waals surface area (Å²) in [7, 11) is 0. The van der Waals surface area contributed by atoms with E-state index in [1.54, 1.807) is 6.07 Å². The molecule has 0 bridgehead atoms. The quantitative estimate of drug-likeness (QED) is 0.329. The van der Waals surface area contributed by atoms with Crippen LogP contribution in [0, 0.1) is 0 Å². The Morgan fingerprint density at radius 1 is 0.839 bits per heavy atom. The first kappa shape index (κ1) is 19.4. The number of rotatable bonds is 4. The van der Waals surface area contributed by atoms with Gasteiger partial charge in [-0.25, -0.2) is 9.97 Å². The van der Waals surface area contributed by atoms with E-state index in [1.807, 2.05) is 84.2 Å². The van der Waals surface area contributed by atoms with E-state index in [2.05, 4.69) is 10.3 Å². The number of anilines is 1. The zero-order valence-electron chi connectivity index (χ0n) is 16.2. The van der Waals surface area contributed by atoms with Crippen molar-refractivity contribution in [2.75, 3.05) is 5.32 Å². The van der Waals surface area contributed by atoms with Crippen LogP contribution in [0.3, 0.4) is 0 Å². The summed E-state index contributed by atoms with van der Waals surface area (Å²) in [5, 5.41) is 6.78. The Kier molecular flexibility index (Phi) is 5.20. The number of hydrogen-bond acceptors (Lipinski definition) is 4. The Labute approximate surface area is 188 Å². The number of para-hydroxylation sites is 1. The molecule has 1 amide bonds. The highest BCUT2D eigenvalue weighted by Gasteiger charge is 2.16. The lowest BCUT2D eigenvalue weighted by atomic mass is 10.0. The van der Waals surface area contributed by atoms with E-state index < -0.39 is 0 Å². The third kappa shape index (κ3) is 3.93. The van der Waals surface area contributed by atoms with Gasteiger partial charge in [-0.2, -0.15) is 0 Å². The lowest BCUT2D eigenvalue weighted by Gasteiger charge is -2.10. The van der Waals surface area contributed by atoms with E-state index in [0.717, 1.165) is 27.7 Å². The Balaban J connectivity index is 1.53. The lowest BCUT2D eigenvalue weighted by Crippen LogP contribution is -2.13. The number of fused-ring (bicyclic) bond motifs is 1. The second-order valence-corrected chi connectivity index (χ2v) is 8.18. The van der Waals surface area contributed by atoms with Crippen LogP contribution in [0.4, 0.5) is 5.13 Å². The minimum Gasteiger partial charge on any atom is -0.298 e. The standard InChI is InChI=1S/C25H16ClN3OS/c26-20-12-6-4-11-18(20)22-14-19(17-10-5-7-13-21(17)27-22)24(30)29-25-28-23(15-31-25)16-8-2-1-3-9-16/h1-15H,(H,28,29,30). The minimum atomic E-state index is -0.235. The number of thiazole rings is 1. The molecule has 0 spiro atoms. The first-order chi connectivity index (χ1) is 15.2. The second kappa shape index (κ2) is 8.30. The fraction of sp³-hybridized carbons (Fsp3) is 0. The SMILES string of the molecule is O=C(Nc1nc(-c2ccccc2)cs1)c1cc(-c2ccccc2Cl)nc2ccccc12. The molecule has 2 aromatic heterocycles. The van der Waals surface area contributed by atoms with Crippen LogP contribution in [0.25, 0.3) is 33.4 Å². The third-order valence-corrected chi connectivity index (χ3v) is 5.99. The summed E-state index contributed by atoms with van der Waals surface area (Å²) in [4.78, 5) is 22.5. The number of amides is 1. The molecule has 0 saturated carbocycles. The van der Waals surface area contributed by atoms with Gasteiger partial charge in [0.2, 0.25) is 0 Å². The number of halogens is 1. The van der Waals surface area contributed by atoms with Crippen molar-refractivity contribution in [3.05, 3.63) is 101 Å². The van der Waals surface area contributed by atoms with E-state index in [1.165, 1.54) is 11.3 Å². The van der Waals surface area contributed by atoms with Crippen molar-refractivity contribution >= 4 is 44.9 Å². The molecule has 0 fully saturated rings. The van der Waals surface area contributed by atoms with E-state index in [4.69, 9.17) is 16.6 Å². The first-order valence-corrected chi connectivity index (χ1v) is 10.9. The molecular formula is C25H16ClN3OS. The van der Waals surface area contributed by atoms with Gasteiger partial charge in [-0.1, -0.05) is 78.3 Å². The van der Waals surface area contributed by atoms with Crippen LogP contribution in [0.2, 0.25) is 5.02 Å². The topological polar surface area (TPSA) is 54.9 Å². The van der Waals surface area contributed by atoms with Crippen LogP contribution in [0.5, 0.6) is 0 Å². The van der Waals surface area contributed by atoms with Gasteiger partial charge in [0, 0.05) is 26.9 Å². The smallest absolute Gasteiger partial charge is 0.258 e. The van der Waals surface area contributed by atoms with Gasteiger partial charge in [-0.05, 0) is 18.2 Å². The molecule has 5 rings (SSSR count). The van der Waals surface area contributed by atoms with Crippen LogP contribution in [-0.2, 0) is 0 Å². The second-order valence-electron chi connectivity index (χ2n) is 6.91. The highest BCUT2D eigenvalue weighted by atomic mass is 35.5. The molecule has 0 aliphatic carbocycles. The molecule has 31 heavy (non-hydrogen) atoms. The molecule has 0 aliphatic heterocycles. The number of pyridine rings is 1. The zero-order valence-corrected chi connectivity index (χ0v) is 17.8.